The first-order valence-electron chi connectivity index (χ1n) is 5.53. The van der Waals surface area contributed by atoms with Crippen LogP contribution in [0.5, 0.6) is 0 Å². The molecular formula is C12H10F3N3O. The van der Waals surface area contributed by atoms with Crippen molar-refractivity contribution in [2.75, 3.05) is 0 Å². The zero-order valence-corrected chi connectivity index (χ0v) is 9.95. The summed E-state index contributed by atoms with van der Waals surface area (Å²) in [4.78, 5) is 21.5. The van der Waals surface area contributed by atoms with Crippen molar-refractivity contribution < 1.29 is 13.2 Å². The highest BCUT2D eigenvalue weighted by atomic mass is 19.4. The fraction of sp³-hybridized carbons (Fsp3) is 0.250. The van der Waals surface area contributed by atoms with Crippen LogP contribution in [0.3, 0.4) is 0 Å². The summed E-state index contributed by atoms with van der Waals surface area (Å²) in [7, 11) is 0. The van der Waals surface area contributed by atoms with E-state index in [1.54, 1.807) is 6.92 Å². The van der Waals surface area contributed by atoms with Crippen molar-refractivity contribution in [1.29, 1.82) is 0 Å². The molecule has 100 valence electrons. The second kappa shape index (κ2) is 4.83. The lowest BCUT2D eigenvalue weighted by molar-refractivity contribution is -0.137. The number of halogens is 3. The Morgan fingerprint density at radius 2 is 2.11 bits per heavy atom. The molecule has 0 aliphatic carbocycles. The Hall–Kier alpha value is -2.18. The highest BCUT2D eigenvalue weighted by Gasteiger charge is 2.34. The molecule has 19 heavy (non-hydrogen) atoms. The zero-order chi connectivity index (χ0) is 14.0. The summed E-state index contributed by atoms with van der Waals surface area (Å²) in [5, 5.41) is 0. The van der Waals surface area contributed by atoms with E-state index in [0.29, 0.717) is 0 Å². The number of pyridine rings is 1. The molecule has 2 heterocycles. The van der Waals surface area contributed by atoms with Crippen LogP contribution in [-0.4, -0.2) is 15.0 Å². The third-order valence-corrected chi connectivity index (χ3v) is 2.68. The van der Waals surface area contributed by atoms with Gasteiger partial charge in [0.05, 0.1) is 17.6 Å². The maximum atomic E-state index is 12.9. The van der Waals surface area contributed by atoms with Gasteiger partial charge in [0.15, 0.2) is 0 Å². The van der Waals surface area contributed by atoms with Crippen LogP contribution in [0.4, 0.5) is 13.2 Å². The van der Waals surface area contributed by atoms with Gasteiger partial charge in [-0.1, -0.05) is 6.92 Å². The van der Waals surface area contributed by atoms with Gasteiger partial charge in [0, 0.05) is 23.5 Å². The molecule has 0 saturated heterocycles. The summed E-state index contributed by atoms with van der Waals surface area (Å²) in [6.07, 6.45) is -1.02. The molecule has 0 amide bonds. The SMILES string of the molecule is CCc1c(-c2cnccc2C(F)(F)F)nc[nH]c1=O. The average Bonchev–Trinajstić information content (AvgIpc) is 2.37. The highest BCUT2D eigenvalue weighted by molar-refractivity contribution is 5.66. The molecule has 0 bridgehead atoms. The van der Waals surface area contributed by atoms with Crippen molar-refractivity contribution in [3.8, 4) is 11.3 Å². The van der Waals surface area contributed by atoms with Gasteiger partial charge in [0.1, 0.15) is 0 Å². The molecule has 0 aliphatic heterocycles. The van der Waals surface area contributed by atoms with E-state index in [9.17, 15) is 18.0 Å². The molecule has 1 N–H and O–H groups in total. The van der Waals surface area contributed by atoms with Crippen molar-refractivity contribution >= 4 is 0 Å². The molecule has 0 unspecified atom stereocenters. The number of nitrogens with zero attached hydrogens (tertiary/aromatic N) is 2. The van der Waals surface area contributed by atoms with E-state index in [1.165, 1.54) is 0 Å². The Kier molecular flexibility index (Phi) is 3.37. The maximum absolute atomic E-state index is 12.9. The van der Waals surface area contributed by atoms with Crippen LogP contribution in [0, 0.1) is 0 Å². The largest absolute Gasteiger partial charge is 0.417 e. The first kappa shape index (κ1) is 13.3. The van der Waals surface area contributed by atoms with Crippen molar-refractivity contribution in [3.63, 3.8) is 0 Å². The monoisotopic (exact) mass is 269 g/mol. The van der Waals surface area contributed by atoms with Gasteiger partial charge >= 0.3 is 6.18 Å². The summed E-state index contributed by atoms with van der Waals surface area (Å²) in [6, 6.07) is 0.873. The second-order valence-corrected chi connectivity index (χ2v) is 3.83. The third-order valence-electron chi connectivity index (χ3n) is 2.68. The number of aromatic amines is 1. The van der Waals surface area contributed by atoms with Crippen molar-refractivity contribution in [2.45, 2.75) is 19.5 Å². The molecule has 0 aromatic carbocycles. The lowest BCUT2D eigenvalue weighted by Crippen LogP contribution is -2.16. The maximum Gasteiger partial charge on any atom is 0.417 e. The van der Waals surface area contributed by atoms with Crippen molar-refractivity contribution in [2.24, 2.45) is 0 Å². The Labute approximate surface area is 106 Å². The summed E-state index contributed by atoms with van der Waals surface area (Å²) in [6.45, 7) is 1.68. The van der Waals surface area contributed by atoms with Gasteiger partial charge in [-0.15, -0.1) is 0 Å². The lowest BCUT2D eigenvalue weighted by Gasteiger charge is -2.13. The van der Waals surface area contributed by atoms with E-state index in [-0.39, 0.29) is 23.2 Å². The molecule has 0 saturated carbocycles. The van der Waals surface area contributed by atoms with Gasteiger partial charge in [0.2, 0.25) is 0 Å². The molecule has 2 rings (SSSR count). The minimum atomic E-state index is -4.52. The van der Waals surface area contributed by atoms with Gasteiger partial charge in [0.25, 0.3) is 5.56 Å². The van der Waals surface area contributed by atoms with Crippen molar-refractivity contribution in [3.05, 3.63) is 46.3 Å². The molecule has 0 fully saturated rings. The number of alkyl halides is 3. The molecule has 2 aromatic heterocycles. The molecule has 7 heteroatoms. The zero-order valence-electron chi connectivity index (χ0n) is 9.95. The molecule has 4 nitrogen and oxygen atoms in total. The molecule has 0 atom stereocenters. The molecular weight excluding hydrogens is 259 g/mol. The predicted molar refractivity (Wildman–Crippen MR) is 62.5 cm³/mol. The topological polar surface area (TPSA) is 58.6 Å². The van der Waals surface area contributed by atoms with Crippen molar-refractivity contribution in [1.82, 2.24) is 15.0 Å². The first-order chi connectivity index (χ1) is 8.95. The Morgan fingerprint density at radius 3 is 2.74 bits per heavy atom. The van der Waals surface area contributed by atoms with Gasteiger partial charge in [-0.3, -0.25) is 9.78 Å². The fourth-order valence-corrected chi connectivity index (χ4v) is 1.82. The fourth-order valence-electron chi connectivity index (χ4n) is 1.82. The Morgan fingerprint density at radius 1 is 1.37 bits per heavy atom. The number of rotatable bonds is 2. The van der Waals surface area contributed by atoms with E-state index in [2.05, 4.69) is 15.0 Å². The standard InChI is InChI=1S/C12H10F3N3O/c1-2-7-10(17-6-18-11(7)19)8-5-16-4-3-9(8)12(13,14)15/h3-6H,2H2,1H3,(H,17,18,19). The van der Waals surface area contributed by atoms with E-state index < -0.39 is 17.3 Å². The van der Waals surface area contributed by atoms with Crippen LogP contribution < -0.4 is 5.56 Å². The van der Waals surface area contributed by atoms with E-state index in [0.717, 1.165) is 24.8 Å². The van der Waals surface area contributed by atoms with Crippen LogP contribution >= 0.6 is 0 Å². The quantitative estimate of drug-likeness (QED) is 0.910. The number of nitrogens with one attached hydrogen (secondary N) is 1. The third kappa shape index (κ3) is 2.49. The van der Waals surface area contributed by atoms with E-state index in [1.807, 2.05) is 0 Å². The van der Waals surface area contributed by atoms with Gasteiger partial charge in [-0.25, -0.2) is 4.98 Å². The number of H-pyrrole nitrogens is 1. The Bertz CT molecular complexity index is 649. The van der Waals surface area contributed by atoms with Crippen LogP contribution in [-0.2, 0) is 12.6 Å². The minimum Gasteiger partial charge on any atom is -0.313 e. The lowest BCUT2D eigenvalue weighted by atomic mass is 10.0. The van der Waals surface area contributed by atoms with E-state index in [4.69, 9.17) is 0 Å². The Balaban J connectivity index is 2.74. The highest BCUT2D eigenvalue weighted by Crippen LogP contribution is 2.36. The number of hydrogen-bond donors (Lipinski definition) is 1. The number of aromatic nitrogens is 3. The van der Waals surface area contributed by atoms with Crippen LogP contribution in [0.1, 0.15) is 18.1 Å². The summed E-state index contributed by atoms with van der Waals surface area (Å²) >= 11 is 0. The van der Waals surface area contributed by atoms with Gasteiger partial charge in [-0.2, -0.15) is 13.2 Å². The van der Waals surface area contributed by atoms with Gasteiger partial charge < -0.3 is 4.98 Å². The second-order valence-electron chi connectivity index (χ2n) is 3.83. The van der Waals surface area contributed by atoms with Crippen LogP contribution in [0.15, 0.2) is 29.6 Å². The smallest absolute Gasteiger partial charge is 0.313 e. The summed E-state index contributed by atoms with van der Waals surface area (Å²) in [5.74, 6) is 0. The molecule has 0 spiro atoms. The first-order valence-corrected chi connectivity index (χ1v) is 5.53. The van der Waals surface area contributed by atoms with Crippen LogP contribution in [0.25, 0.3) is 11.3 Å². The minimum absolute atomic E-state index is 0.0201. The average molecular weight is 269 g/mol. The molecule has 0 aliphatic rings. The predicted octanol–water partition coefficient (Wildman–Crippen LogP) is 2.41. The molecule has 2 aromatic rings. The van der Waals surface area contributed by atoms with Crippen LogP contribution in [0.2, 0.25) is 0 Å². The normalized spacial score (nSPS) is 11.6. The molecule has 0 radical (unpaired) electrons. The van der Waals surface area contributed by atoms with Gasteiger partial charge in [-0.05, 0) is 12.5 Å². The summed E-state index contributed by atoms with van der Waals surface area (Å²) < 4.78 is 38.8. The summed E-state index contributed by atoms with van der Waals surface area (Å²) in [5.41, 5.74) is -1.24. The number of hydrogen-bond acceptors (Lipinski definition) is 3. The van der Waals surface area contributed by atoms with E-state index >= 15 is 0 Å².